The largest absolute Gasteiger partial charge is 0.480 e. The predicted octanol–water partition coefficient (Wildman–Crippen LogP) is 1.22. The lowest BCUT2D eigenvalue weighted by atomic mass is 9.93. The van der Waals surface area contributed by atoms with E-state index in [9.17, 15) is 14.7 Å². The van der Waals surface area contributed by atoms with Crippen LogP contribution in [0.5, 0.6) is 0 Å². The average Bonchev–Trinajstić information content (AvgIpc) is 2.78. The van der Waals surface area contributed by atoms with Crippen LogP contribution in [0, 0.1) is 5.92 Å². The van der Waals surface area contributed by atoms with Crippen molar-refractivity contribution in [1.29, 1.82) is 0 Å². The standard InChI is InChI=1S/C23H39N3O5S/c1-4-16(2)20(25-13-18(24)15-32)14-31-23(3,12-17-8-6-5-7-9-17)22(30)26-19(10-11-27)21(28)29/h5-9,16,18-20,25,27,32H,4,10-15,24H2,1-3H3,(H,26,30)(H,28,29)/t16-,18?,19+,20?,23?/m0/s1. The lowest BCUT2D eigenvalue weighted by molar-refractivity contribution is -0.152. The molecule has 0 heterocycles. The van der Waals surface area contributed by atoms with Crippen LogP contribution in [0.2, 0.25) is 0 Å². The SMILES string of the molecule is CC[C@H](C)C(COC(C)(Cc1ccccc1)C(=O)N[C@H](CCO)C(=O)O)NCC(N)CS. The van der Waals surface area contributed by atoms with Gasteiger partial charge in [0.15, 0.2) is 0 Å². The van der Waals surface area contributed by atoms with Crippen LogP contribution in [0.25, 0.3) is 0 Å². The monoisotopic (exact) mass is 469 g/mol. The van der Waals surface area contributed by atoms with Crippen LogP contribution in [0.1, 0.15) is 39.2 Å². The van der Waals surface area contributed by atoms with Crippen molar-refractivity contribution in [1.82, 2.24) is 10.6 Å². The number of ether oxygens (including phenoxy) is 1. The molecule has 8 nitrogen and oxygen atoms in total. The molecule has 0 spiro atoms. The van der Waals surface area contributed by atoms with Crippen LogP contribution < -0.4 is 16.4 Å². The third-order valence-corrected chi connectivity index (χ3v) is 6.14. The van der Waals surface area contributed by atoms with Crippen molar-refractivity contribution < 1.29 is 24.5 Å². The third kappa shape index (κ3) is 9.46. The number of carboxylic acids is 1. The molecule has 1 aromatic carbocycles. The maximum atomic E-state index is 13.2. The van der Waals surface area contributed by atoms with E-state index in [0.29, 0.717) is 12.3 Å². The van der Waals surface area contributed by atoms with Crippen molar-refractivity contribution in [2.75, 3.05) is 25.5 Å². The van der Waals surface area contributed by atoms with Gasteiger partial charge in [0, 0.05) is 43.8 Å². The second kappa shape index (κ2) is 14.5. The van der Waals surface area contributed by atoms with Crippen molar-refractivity contribution in [2.24, 2.45) is 11.7 Å². The number of aliphatic carboxylic acids is 1. The minimum absolute atomic E-state index is 0.0402. The first-order valence-electron chi connectivity index (χ1n) is 11.1. The van der Waals surface area contributed by atoms with Crippen molar-refractivity contribution in [3.8, 4) is 0 Å². The molecule has 1 amide bonds. The Hall–Kier alpha value is -1.65. The number of nitrogens with two attached hydrogens (primary N) is 1. The first-order valence-corrected chi connectivity index (χ1v) is 11.7. The first-order chi connectivity index (χ1) is 15.2. The molecule has 0 aromatic heterocycles. The number of hydrogen-bond donors (Lipinski definition) is 6. The zero-order chi connectivity index (χ0) is 24.1. The normalized spacial score (nSPS) is 17.1. The number of thiol groups is 1. The van der Waals surface area contributed by atoms with Gasteiger partial charge in [0.2, 0.25) is 0 Å². The Morgan fingerprint density at radius 1 is 1.28 bits per heavy atom. The fraction of sp³-hybridized carbons (Fsp3) is 0.652. The summed E-state index contributed by atoms with van der Waals surface area (Å²) in [5.41, 5.74) is 5.58. The highest BCUT2D eigenvalue weighted by Gasteiger charge is 2.38. The number of rotatable bonds is 16. The summed E-state index contributed by atoms with van der Waals surface area (Å²) in [7, 11) is 0. The number of carbonyl (C=O) groups is 2. The van der Waals surface area contributed by atoms with Crippen molar-refractivity contribution in [3.05, 3.63) is 35.9 Å². The summed E-state index contributed by atoms with van der Waals surface area (Å²) in [6, 6.07) is 8.10. The molecule has 9 heteroatoms. The van der Waals surface area contributed by atoms with Crippen LogP contribution in [0.15, 0.2) is 30.3 Å². The molecule has 5 atom stereocenters. The predicted molar refractivity (Wildman–Crippen MR) is 129 cm³/mol. The summed E-state index contributed by atoms with van der Waals surface area (Å²) in [5.74, 6) is -0.907. The van der Waals surface area contributed by atoms with Gasteiger partial charge in [-0.3, -0.25) is 4.79 Å². The molecule has 0 saturated carbocycles. The van der Waals surface area contributed by atoms with Gasteiger partial charge in [-0.2, -0.15) is 12.6 Å². The van der Waals surface area contributed by atoms with Gasteiger partial charge in [-0.15, -0.1) is 0 Å². The Kier molecular flexibility index (Phi) is 12.9. The molecule has 32 heavy (non-hydrogen) atoms. The number of carboxylic acid groups (broad SMARTS) is 1. The van der Waals surface area contributed by atoms with Crippen molar-refractivity contribution in [3.63, 3.8) is 0 Å². The molecule has 0 saturated heterocycles. The van der Waals surface area contributed by atoms with E-state index < -0.39 is 23.5 Å². The minimum Gasteiger partial charge on any atom is -0.480 e. The average molecular weight is 470 g/mol. The maximum Gasteiger partial charge on any atom is 0.326 e. The molecule has 0 fully saturated rings. The van der Waals surface area contributed by atoms with E-state index in [-0.39, 0.29) is 44.1 Å². The minimum atomic E-state index is -1.30. The molecule has 1 rings (SSSR count). The van der Waals surface area contributed by atoms with E-state index in [2.05, 4.69) is 37.1 Å². The van der Waals surface area contributed by atoms with Gasteiger partial charge < -0.3 is 31.3 Å². The third-order valence-electron chi connectivity index (χ3n) is 5.67. The Bertz CT molecular complexity index is 693. The smallest absolute Gasteiger partial charge is 0.326 e. The van der Waals surface area contributed by atoms with Gasteiger partial charge >= 0.3 is 5.97 Å². The second-order valence-corrected chi connectivity index (χ2v) is 8.79. The fourth-order valence-electron chi connectivity index (χ4n) is 3.23. The van der Waals surface area contributed by atoms with Gasteiger partial charge in [0.25, 0.3) is 5.91 Å². The van der Waals surface area contributed by atoms with Crippen LogP contribution >= 0.6 is 12.6 Å². The highest BCUT2D eigenvalue weighted by atomic mass is 32.1. The van der Waals surface area contributed by atoms with E-state index in [1.165, 1.54) is 0 Å². The molecule has 0 aliphatic carbocycles. The number of aliphatic hydroxyl groups is 1. The summed E-state index contributed by atoms with van der Waals surface area (Å²) in [6.07, 6.45) is 1.10. The molecule has 0 aliphatic rings. The van der Waals surface area contributed by atoms with Crippen LogP contribution in [0.4, 0.5) is 0 Å². The van der Waals surface area contributed by atoms with E-state index in [1.807, 2.05) is 30.3 Å². The van der Waals surface area contributed by atoms with Crippen molar-refractivity contribution >= 4 is 24.5 Å². The van der Waals surface area contributed by atoms with Gasteiger partial charge in [0.05, 0.1) is 6.61 Å². The molecule has 6 N–H and O–H groups in total. The lowest BCUT2D eigenvalue weighted by Gasteiger charge is -2.34. The summed E-state index contributed by atoms with van der Waals surface area (Å²) in [5, 5.41) is 24.5. The molecule has 0 bridgehead atoms. The van der Waals surface area contributed by atoms with Crippen LogP contribution in [-0.2, 0) is 20.7 Å². The fourth-order valence-corrected chi connectivity index (χ4v) is 3.36. The lowest BCUT2D eigenvalue weighted by Crippen LogP contribution is -2.55. The van der Waals surface area contributed by atoms with Crippen LogP contribution in [0.3, 0.4) is 0 Å². The summed E-state index contributed by atoms with van der Waals surface area (Å²) >= 11 is 4.22. The number of benzene rings is 1. The van der Waals surface area contributed by atoms with Gasteiger partial charge in [-0.25, -0.2) is 4.79 Å². The zero-order valence-corrected chi connectivity index (χ0v) is 20.2. The number of amides is 1. The summed E-state index contributed by atoms with van der Waals surface area (Å²) in [4.78, 5) is 24.7. The van der Waals surface area contributed by atoms with E-state index in [0.717, 1.165) is 12.0 Å². The van der Waals surface area contributed by atoms with Crippen molar-refractivity contribution in [2.45, 2.75) is 63.8 Å². The Morgan fingerprint density at radius 2 is 1.94 bits per heavy atom. The molecule has 0 aliphatic heterocycles. The Morgan fingerprint density at radius 3 is 2.47 bits per heavy atom. The maximum absolute atomic E-state index is 13.2. The molecular weight excluding hydrogens is 430 g/mol. The number of hydrogen-bond acceptors (Lipinski definition) is 7. The molecular formula is C23H39N3O5S. The quantitative estimate of drug-likeness (QED) is 0.201. The zero-order valence-electron chi connectivity index (χ0n) is 19.3. The number of aliphatic hydroxyl groups excluding tert-OH is 1. The molecule has 0 radical (unpaired) electrons. The molecule has 1 aromatic rings. The summed E-state index contributed by atoms with van der Waals surface area (Å²) in [6.45, 7) is 6.33. The van der Waals surface area contributed by atoms with Gasteiger partial charge in [-0.1, -0.05) is 50.6 Å². The Balaban J connectivity index is 3.04. The number of nitrogens with one attached hydrogen (secondary N) is 2. The van der Waals surface area contributed by atoms with Gasteiger partial charge in [-0.05, 0) is 18.4 Å². The molecule has 182 valence electrons. The Labute approximate surface area is 196 Å². The summed E-state index contributed by atoms with van der Waals surface area (Å²) < 4.78 is 6.22. The van der Waals surface area contributed by atoms with E-state index >= 15 is 0 Å². The van der Waals surface area contributed by atoms with E-state index in [4.69, 9.17) is 15.6 Å². The van der Waals surface area contributed by atoms with E-state index in [1.54, 1.807) is 6.92 Å². The molecule has 3 unspecified atom stereocenters. The first kappa shape index (κ1) is 28.4. The van der Waals surface area contributed by atoms with Crippen LogP contribution in [-0.4, -0.2) is 71.3 Å². The highest BCUT2D eigenvalue weighted by molar-refractivity contribution is 7.80. The highest BCUT2D eigenvalue weighted by Crippen LogP contribution is 2.21. The number of carbonyl (C=O) groups excluding carboxylic acids is 1. The van der Waals surface area contributed by atoms with Gasteiger partial charge in [0.1, 0.15) is 11.6 Å². The topological polar surface area (TPSA) is 134 Å². The second-order valence-electron chi connectivity index (χ2n) is 8.42.